The SMILES string of the molecule is COc1cc2c(cc1O)C(=NOCc1cccc(OC(F)(F)F)c1)C[C@@H]1[C@@H]2CC[C@]2(C)C(=NO)CC[C@@H]12. The van der Waals surface area contributed by atoms with Crippen molar-refractivity contribution in [1.29, 1.82) is 0 Å². The largest absolute Gasteiger partial charge is 0.573 e. The topological polar surface area (TPSA) is 92.9 Å². The van der Waals surface area contributed by atoms with Crippen LogP contribution in [-0.2, 0) is 11.4 Å². The zero-order chi connectivity index (χ0) is 26.4. The lowest BCUT2D eigenvalue weighted by Gasteiger charge is -2.48. The van der Waals surface area contributed by atoms with Crippen LogP contribution in [0.4, 0.5) is 13.2 Å². The molecule has 10 heteroatoms. The molecule has 0 radical (unpaired) electrons. The first-order valence-electron chi connectivity index (χ1n) is 12.3. The number of phenolic OH excluding ortho intramolecular Hbond substituents is 1. The molecule has 0 unspecified atom stereocenters. The number of alkyl halides is 3. The molecule has 0 bridgehead atoms. The Morgan fingerprint density at radius 3 is 2.70 bits per heavy atom. The van der Waals surface area contributed by atoms with Crippen molar-refractivity contribution < 1.29 is 37.8 Å². The van der Waals surface area contributed by atoms with Gasteiger partial charge in [0, 0.05) is 11.0 Å². The van der Waals surface area contributed by atoms with Crippen molar-refractivity contribution in [2.45, 2.75) is 57.9 Å². The molecule has 7 nitrogen and oxygen atoms in total. The molecule has 5 rings (SSSR count). The summed E-state index contributed by atoms with van der Waals surface area (Å²) in [6, 6.07) is 9.09. The highest BCUT2D eigenvalue weighted by Gasteiger charge is 2.54. The number of rotatable bonds is 5. The average Bonchev–Trinajstić information content (AvgIpc) is 3.19. The first-order chi connectivity index (χ1) is 17.6. The third-order valence-corrected chi connectivity index (χ3v) is 8.33. The molecule has 3 aliphatic carbocycles. The summed E-state index contributed by atoms with van der Waals surface area (Å²) in [5.74, 6) is 0.820. The van der Waals surface area contributed by atoms with E-state index in [2.05, 4.69) is 22.0 Å². The van der Waals surface area contributed by atoms with Gasteiger partial charge in [0.1, 0.15) is 12.4 Å². The smallest absolute Gasteiger partial charge is 0.504 e. The lowest BCUT2D eigenvalue weighted by molar-refractivity contribution is -0.274. The van der Waals surface area contributed by atoms with Gasteiger partial charge >= 0.3 is 6.36 Å². The van der Waals surface area contributed by atoms with Crippen LogP contribution < -0.4 is 9.47 Å². The summed E-state index contributed by atoms with van der Waals surface area (Å²) in [5.41, 5.74) is 3.62. The fourth-order valence-electron chi connectivity index (χ4n) is 6.65. The van der Waals surface area contributed by atoms with Gasteiger partial charge in [-0.15, -0.1) is 13.2 Å². The van der Waals surface area contributed by atoms with E-state index >= 15 is 0 Å². The first-order valence-corrected chi connectivity index (χ1v) is 12.3. The maximum Gasteiger partial charge on any atom is 0.573 e. The van der Waals surface area contributed by atoms with Crippen LogP contribution in [0.25, 0.3) is 0 Å². The van der Waals surface area contributed by atoms with Crippen LogP contribution in [-0.4, -0.2) is 35.2 Å². The lowest BCUT2D eigenvalue weighted by atomic mass is 9.55. The van der Waals surface area contributed by atoms with Crippen LogP contribution >= 0.6 is 0 Å². The number of nitrogens with zero attached hydrogens (tertiary/aromatic N) is 2. The van der Waals surface area contributed by atoms with E-state index in [9.17, 15) is 23.5 Å². The van der Waals surface area contributed by atoms with E-state index in [-0.39, 0.29) is 35.4 Å². The van der Waals surface area contributed by atoms with Crippen LogP contribution in [0.15, 0.2) is 46.7 Å². The van der Waals surface area contributed by atoms with Crippen molar-refractivity contribution in [3.63, 3.8) is 0 Å². The molecular formula is C27H29F3N2O5. The number of benzene rings is 2. The van der Waals surface area contributed by atoms with Crippen molar-refractivity contribution in [2.24, 2.45) is 27.6 Å². The molecule has 37 heavy (non-hydrogen) atoms. The Kier molecular flexibility index (Phi) is 6.45. The predicted octanol–water partition coefficient (Wildman–Crippen LogP) is 6.36. The van der Waals surface area contributed by atoms with E-state index in [0.29, 0.717) is 29.4 Å². The number of hydrogen-bond donors (Lipinski definition) is 2. The highest BCUT2D eigenvalue weighted by Crippen LogP contribution is 2.60. The normalized spacial score (nSPS) is 28.9. The zero-order valence-electron chi connectivity index (χ0n) is 20.6. The summed E-state index contributed by atoms with van der Waals surface area (Å²) in [5, 5.41) is 28.1. The summed E-state index contributed by atoms with van der Waals surface area (Å²) in [7, 11) is 1.51. The lowest BCUT2D eigenvalue weighted by Crippen LogP contribution is -2.43. The van der Waals surface area contributed by atoms with Crippen molar-refractivity contribution in [3.05, 3.63) is 53.1 Å². The predicted molar refractivity (Wildman–Crippen MR) is 129 cm³/mol. The molecule has 0 heterocycles. The van der Waals surface area contributed by atoms with Crippen molar-refractivity contribution >= 4 is 11.4 Å². The number of oxime groups is 2. The van der Waals surface area contributed by atoms with Crippen LogP contribution in [0.1, 0.15) is 61.6 Å². The summed E-state index contributed by atoms with van der Waals surface area (Å²) < 4.78 is 47.1. The maximum absolute atomic E-state index is 12.6. The van der Waals surface area contributed by atoms with Gasteiger partial charge < -0.3 is 24.6 Å². The molecule has 0 aliphatic heterocycles. The first kappa shape index (κ1) is 25.2. The molecule has 2 fully saturated rings. The second-order valence-corrected chi connectivity index (χ2v) is 10.2. The monoisotopic (exact) mass is 518 g/mol. The van der Waals surface area contributed by atoms with E-state index in [1.165, 1.54) is 25.3 Å². The minimum Gasteiger partial charge on any atom is -0.504 e. The molecule has 2 aromatic carbocycles. The number of fused-ring (bicyclic) bond motifs is 5. The third kappa shape index (κ3) is 4.69. The fraction of sp³-hybridized carbons (Fsp3) is 0.481. The van der Waals surface area contributed by atoms with Crippen molar-refractivity contribution in [1.82, 2.24) is 0 Å². The Balaban J connectivity index is 1.44. The van der Waals surface area contributed by atoms with Gasteiger partial charge in [-0.3, -0.25) is 0 Å². The van der Waals surface area contributed by atoms with Gasteiger partial charge in [0.2, 0.25) is 0 Å². The summed E-state index contributed by atoms with van der Waals surface area (Å²) in [4.78, 5) is 5.63. The molecule has 0 aromatic heterocycles. The number of methoxy groups -OCH3 is 1. The van der Waals surface area contributed by atoms with Gasteiger partial charge in [-0.2, -0.15) is 0 Å². The number of aromatic hydroxyl groups is 1. The molecule has 3 aliphatic rings. The molecule has 2 N–H and O–H groups in total. The zero-order valence-corrected chi connectivity index (χ0v) is 20.6. The molecule has 0 amide bonds. The van der Waals surface area contributed by atoms with E-state index in [1.807, 2.05) is 6.07 Å². The van der Waals surface area contributed by atoms with Crippen LogP contribution in [0, 0.1) is 17.3 Å². The van der Waals surface area contributed by atoms with E-state index in [0.717, 1.165) is 42.5 Å². The minimum atomic E-state index is -4.78. The molecule has 4 atom stereocenters. The number of hydrogen-bond acceptors (Lipinski definition) is 7. The summed E-state index contributed by atoms with van der Waals surface area (Å²) >= 11 is 0. The Morgan fingerprint density at radius 2 is 1.97 bits per heavy atom. The van der Waals surface area contributed by atoms with Crippen molar-refractivity contribution in [2.75, 3.05) is 7.11 Å². The number of phenols is 1. The Hall–Kier alpha value is -3.43. The minimum absolute atomic E-state index is 0.000569. The van der Waals surface area contributed by atoms with Crippen molar-refractivity contribution in [3.8, 4) is 17.2 Å². The Morgan fingerprint density at radius 1 is 1.16 bits per heavy atom. The van der Waals surface area contributed by atoms with Gasteiger partial charge in [0.15, 0.2) is 11.5 Å². The van der Waals surface area contributed by atoms with Crippen LogP contribution in [0.5, 0.6) is 17.2 Å². The molecule has 2 saturated carbocycles. The van der Waals surface area contributed by atoms with E-state index < -0.39 is 6.36 Å². The van der Waals surface area contributed by atoms with E-state index in [4.69, 9.17) is 9.57 Å². The summed E-state index contributed by atoms with van der Waals surface area (Å²) in [6.45, 7) is 2.12. The maximum atomic E-state index is 12.6. The molecule has 2 aromatic rings. The average molecular weight is 519 g/mol. The third-order valence-electron chi connectivity index (χ3n) is 8.33. The Labute approximate surface area is 212 Å². The van der Waals surface area contributed by atoms with Crippen LogP contribution in [0.2, 0.25) is 0 Å². The molecule has 198 valence electrons. The van der Waals surface area contributed by atoms with Gasteiger partial charge in [-0.25, -0.2) is 0 Å². The quantitative estimate of drug-likeness (QED) is 0.355. The molecule has 0 spiro atoms. The van der Waals surface area contributed by atoms with Gasteiger partial charge in [-0.05, 0) is 85.3 Å². The fourth-order valence-corrected chi connectivity index (χ4v) is 6.65. The molecular weight excluding hydrogens is 489 g/mol. The van der Waals surface area contributed by atoms with Crippen LogP contribution in [0.3, 0.4) is 0 Å². The second-order valence-electron chi connectivity index (χ2n) is 10.2. The van der Waals surface area contributed by atoms with Gasteiger partial charge in [-0.1, -0.05) is 29.4 Å². The Bertz CT molecular complexity index is 1250. The highest BCUT2D eigenvalue weighted by molar-refractivity contribution is 6.04. The second kappa shape index (κ2) is 9.46. The van der Waals surface area contributed by atoms with Gasteiger partial charge in [0.05, 0.1) is 18.5 Å². The highest BCUT2D eigenvalue weighted by atomic mass is 19.4. The number of halogens is 3. The summed E-state index contributed by atoms with van der Waals surface area (Å²) in [6.07, 6.45) is -0.689. The number of ether oxygens (including phenoxy) is 2. The standard InChI is InChI=1S/C27H29F3N2O5/c1-26-9-8-17-18-13-24(35-2)23(33)12-20(18)22(11-19(17)21(26)6-7-25(26)31-34)32-36-14-15-4-3-5-16(10-15)37-27(28,29)30/h3-5,10,12-13,17,19,21,33-34H,6-9,11,14H2,1-2H3/t17-,19-,21+,26+/m1/s1. The van der Waals surface area contributed by atoms with E-state index in [1.54, 1.807) is 12.1 Å². The van der Waals surface area contributed by atoms with Gasteiger partial charge in [0.25, 0.3) is 0 Å². The molecule has 0 saturated heterocycles.